The summed E-state index contributed by atoms with van der Waals surface area (Å²) in [5.74, 6) is 1.12. The van der Waals surface area contributed by atoms with Gasteiger partial charge in [0.25, 0.3) is 5.91 Å². The van der Waals surface area contributed by atoms with Gasteiger partial charge in [-0.05, 0) is 43.4 Å². The molecule has 0 spiro atoms. The Balaban J connectivity index is 1.50. The van der Waals surface area contributed by atoms with Crippen molar-refractivity contribution >= 4 is 5.91 Å². The first-order valence-corrected chi connectivity index (χ1v) is 9.21. The molecule has 2 atom stereocenters. The number of aryl methyl sites for hydroxylation is 2. The molecule has 1 aromatic heterocycles. The van der Waals surface area contributed by atoms with Gasteiger partial charge in [0.2, 0.25) is 5.76 Å². The van der Waals surface area contributed by atoms with E-state index >= 15 is 0 Å². The Morgan fingerprint density at radius 2 is 1.96 bits per heavy atom. The first-order valence-electron chi connectivity index (χ1n) is 9.21. The van der Waals surface area contributed by atoms with E-state index in [-0.39, 0.29) is 17.8 Å². The van der Waals surface area contributed by atoms with Crippen LogP contribution in [-0.4, -0.2) is 46.4 Å². The van der Waals surface area contributed by atoms with E-state index in [9.17, 15) is 9.18 Å². The third-order valence-electron chi connectivity index (χ3n) is 5.47. The Morgan fingerprint density at radius 3 is 2.65 bits per heavy atom. The molecule has 3 aliphatic rings. The Morgan fingerprint density at radius 1 is 1.19 bits per heavy atom. The molecule has 1 amide bonds. The second-order valence-corrected chi connectivity index (χ2v) is 7.52. The van der Waals surface area contributed by atoms with Crippen molar-refractivity contribution in [1.82, 2.24) is 14.8 Å². The fourth-order valence-corrected chi connectivity index (χ4v) is 4.27. The molecular weight excluding hydrogens is 333 g/mol. The lowest BCUT2D eigenvalue weighted by molar-refractivity contribution is 0.0550. The van der Waals surface area contributed by atoms with Gasteiger partial charge in [-0.3, -0.25) is 9.69 Å². The van der Waals surface area contributed by atoms with E-state index in [4.69, 9.17) is 4.42 Å². The normalized spacial score (nSPS) is 23.3. The van der Waals surface area contributed by atoms with Crippen molar-refractivity contribution in [2.45, 2.75) is 39.3 Å². The number of carbonyl (C=O) groups is 1. The highest BCUT2D eigenvalue weighted by molar-refractivity contribution is 5.92. The van der Waals surface area contributed by atoms with E-state index < -0.39 is 0 Å². The molecule has 2 aromatic rings. The number of hydrogen-bond donors (Lipinski definition) is 0. The summed E-state index contributed by atoms with van der Waals surface area (Å²) in [7, 11) is 0. The molecule has 0 unspecified atom stereocenters. The summed E-state index contributed by atoms with van der Waals surface area (Å²) in [5, 5.41) is 0. The van der Waals surface area contributed by atoms with Crippen molar-refractivity contribution in [2.75, 3.05) is 19.6 Å². The summed E-state index contributed by atoms with van der Waals surface area (Å²) in [4.78, 5) is 21.6. The highest BCUT2D eigenvalue weighted by Gasteiger charge is 2.38. The molecule has 6 heteroatoms. The van der Waals surface area contributed by atoms with E-state index in [0.717, 1.165) is 44.6 Å². The number of piperidine rings is 1. The molecule has 0 radical (unpaired) electrons. The lowest BCUT2D eigenvalue weighted by Crippen LogP contribution is -2.47. The maximum atomic E-state index is 13.1. The minimum atomic E-state index is -0.209. The molecule has 138 valence electrons. The highest BCUT2D eigenvalue weighted by Crippen LogP contribution is 2.30. The topological polar surface area (TPSA) is 49.6 Å². The molecule has 1 aromatic carbocycles. The Bertz CT molecular complexity index is 802. The largest absolute Gasteiger partial charge is 0.436 e. The van der Waals surface area contributed by atoms with Crippen molar-refractivity contribution in [2.24, 2.45) is 5.92 Å². The fraction of sp³-hybridized carbons (Fsp3) is 0.500. The van der Waals surface area contributed by atoms with Crippen LogP contribution in [0.1, 0.15) is 40.5 Å². The first-order chi connectivity index (χ1) is 12.5. The second kappa shape index (κ2) is 6.83. The lowest BCUT2D eigenvalue weighted by atomic mass is 9.94. The molecule has 4 heterocycles. The van der Waals surface area contributed by atoms with Crippen LogP contribution in [0, 0.1) is 25.6 Å². The van der Waals surface area contributed by atoms with Crippen LogP contribution in [0.15, 0.2) is 28.7 Å². The standard InChI is InChI=1S/C20H24FN3O2/c1-13-19(26-14(2)22-13)20(25)24-11-16-5-8-18(24)12-23(10-16)9-15-3-6-17(21)7-4-15/h3-4,6-7,16,18H,5,8-12H2,1-2H3/t16-,18+/m0/s1. The molecule has 3 saturated heterocycles. The number of benzene rings is 1. The zero-order chi connectivity index (χ0) is 18.3. The Labute approximate surface area is 152 Å². The number of fused-ring (bicyclic) bond motifs is 4. The monoisotopic (exact) mass is 357 g/mol. The molecule has 0 N–H and O–H groups in total. The van der Waals surface area contributed by atoms with Crippen LogP contribution in [0.4, 0.5) is 4.39 Å². The highest BCUT2D eigenvalue weighted by atomic mass is 19.1. The van der Waals surface area contributed by atoms with Gasteiger partial charge < -0.3 is 9.32 Å². The van der Waals surface area contributed by atoms with Gasteiger partial charge in [-0.25, -0.2) is 9.37 Å². The molecule has 0 aliphatic carbocycles. The Hall–Kier alpha value is -2.21. The zero-order valence-corrected chi connectivity index (χ0v) is 15.2. The van der Waals surface area contributed by atoms with Crippen molar-refractivity contribution in [3.63, 3.8) is 0 Å². The number of halogens is 1. The summed E-state index contributed by atoms with van der Waals surface area (Å²) in [6.45, 7) is 6.94. The third kappa shape index (κ3) is 3.38. The summed E-state index contributed by atoms with van der Waals surface area (Å²) < 4.78 is 18.7. The van der Waals surface area contributed by atoms with Crippen molar-refractivity contribution < 1.29 is 13.6 Å². The molecule has 5 nitrogen and oxygen atoms in total. The van der Waals surface area contributed by atoms with Gasteiger partial charge in [0, 0.05) is 39.1 Å². The van der Waals surface area contributed by atoms with E-state index in [1.165, 1.54) is 12.1 Å². The third-order valence-corrected chi connectivity index (χ3v) is 5.47. The van der Waals surface area contributed by atoms with Gasteiger partial charge in [-0.1, -0.05) is 12.1 Å². The lowest BCUT2D eigenvalue weighted by Gasteiger charge is -2.35. The number of rotatable bonds is 3. The van der Waals surface area contributed by atoms with Crippen LogP contribution < -0.4 is 0 Å². The SMILES string of the molecule is Cc1nc(C)c(C(=O)N2C[C@H]3CC[C@@H]2CN(Cc2ccc(F)cc2)C3)o1. The van der Waals surface area contributed by atoms with Crippen LogP contribution in [0.25, 0.3) is 0 Å². The van der Waals surface area contributed by atoms with Crippen LogP contribution in [-0.2, 0) is 6.54 Å². The maximum absolute atomic E-state index is 13.1. The van der Waals surface area contributed by atoms with Crippen molar-refractivity contribution in [1.29, 1.82) is 0 Å². The first kappa shape index (κ1) is 17.2. The minimum absolute atomic E-state index is 0.0403. The van der Waals surface area contributed by atoms with Gasteiger partial charge in [0.1, 0.15) is 5.82 Å². The molecule has 2 bridgehead atoms. The summed E-state index contributed by atoms with van der Waals surface area (Å²) in [6.07, 6.45) is 2.16. The quantitative estimate of drug-likeness (QED) is 0.847. The average molecular weight is 357 g/mol. The summed E-state index contributed by atoms with van der Waals surface area (Å²) in [6, 6.07) is 6.88. The van der Waals surface area contributed by atoms with Crippen LogP contribution in [0.5, 0.6) is 0 Å². The molecule has 26 heavy (non-hydrogen) atoms. The number of nitrogens with zero attached hydrogens (tertiary/aromatic N) is 3. The van der Waals surface area contributed by atoms with Gasteiger partial charge >= 0.3 is 0 Å². The average Bonchev–Trinajstić information content (AvgIpc) is 2.77. The molecule has 0 saturated carbocycles. The summed E-state index contributed by atoms with van der Waals surface area (Å²) in [5.41, 5.74) is 1.77. The smallest absolute Gasteiger partial charge is 0.291 e. The van der Waals surface area contributed by atoms with Gasteiger partial charge in [0.05, 0.1) is 5.69 Å². The van der Waals surface area contributed by atoms with E-state index in [2.05, 4.69) is 9.88 Å². The van der Waals surface area contributed by atoms with Crippen LogP contribution in [0.2, 0.25) is 0 Å². The van der Waals surface area contributed by atoms with Gasteiger partial charge in [-0.2, -0.15) is 0 Å². The Kier molecular flexibility index (Phi) is 4.53. The predicted octanol–water partition coefficient (Wildman–Crippen LogP) is 3.17. The number of oxazole rings is 1. The summed E-state index contributed by atoms with van der Waals surface area (Å²) >= 11 is 0. The number of aromatic nitrogens is 1. The number of carbonyl (C=O) groups excluding carboxylic acids is 1. The number of amides is 1. The maximum Gasteiger partial charge on any atom is 0.291 e. The second-order valence-electron chi connectivity index (χ2n) is 7.52. The fourth-order valence-electron chi connectivity index (χ4n) is 4.27. The minimum Gasteiger partial charge on any atom is -0.436 e. The van der Waals surface area contributed by atoms with Crippen molar-refractivity contribution in [3.05, 3.63) is 53.0 Å². The molecule has 3 aliphatic heterocycles. The van der Waals surface area contributed by atoms with Crippen LogP contribution >= 0.6 is 0 Å². The predicted molar refractivity (Wildman–Crippen MR) is 95.2 cm³/mol. The van der Waals surface area contributed by atoms with E-state index in [1.807, 2.05) is 24.0 Å². The number of hydrogen-bond acceptors (Lipinski definition) is 4. The molecule has 3 fully saturated rings. The van der Waals surface area contributed by atoms with E-state index in [1.54, 1.807) is 6.92 Å². The van der Waals surface area contributed by atoms with Crippen LogP contribution in [0.3, 0.4) is 0 Å². The molecular formula is C20H24FN3O2. The zero-order valence-electron chi connectivity index (χ0n) is 15.2. The van der Waals surface area contributed by atoms with Gasteiger partial charge in [0.15, 0.2) is 5.89 Å². The van der Waals surface area contributed by atoms with E-state index in [0.29, 0.717) is 23.3 Å². The van der Waals surface area contributed by atoms with Gasteiger partial charge in [-0.15, -0.1) is 0 Å². The van der Waals surface area contributed by atoms with Crippen molar-refractivity contribution in [3.8, 4) is 0 Å². The molecule has 5 rings (SSSR count).